The standard InChI is InChI=1S/C15H22N2OS/c1-3-5-10-17(4-2)15(18)13-9-7-6-8-12(13)11-14(16)19/h6-9H,3-5,10-11H2,1-2H3,(H2,16,19). The molecular formula is C15H22N2OS. The van der Waals surface area contributed by atoms with Crippen LogP contribution in [0, 0.1) is 0 Å². The highest BCUT2D eigenvalue weighted by Crippen LogP contribution is 2.13. The van der Waals surface area contributed by atoms with Crippen molar-refractivity contribution in [1.82, 2.24) is 4.90 Å². The molecule has 1 aromatic carbocycles. The van der Waals surface area contributed by atoms with Gasteiger partial charge in [-0.05, 0) is 25.0 Å². The van der Waals surface area contributed by atoms with Gasteiger partial charge in [0.05, 0.1) is 4.99 Å². The molecule has 104 valence electrons. The van der Waals surface area contributed by atoms with Crippen LogP contribution in [-0.4, -0.2) is 28.9 Å². The summed E-state index contributed by atoms with van der Waals surface area (Å²) in [5.74, 6) is 0.0720. The third-order valence-corrected chi connectivity index (χ3v) is 3.21. The number of hydrogen-bond acceptors (Lipinski definition) is 2. The van der Waals surface area contributed by atoms with E-state index >= 15 is 0 Å². The Morgan fingerprint density at radius 3 is 2.58 bits per heavy atom. The van der Waals surface area contributed by atoms with Crippen molar-refractivity contribution in [3.8, 4) is 0 Å². The van der Waals surface area contributed by atoms with Crippen molar-refractivity contribution < 1.29 is 4.79 Å². The molecule has 2 N–H and O–H groups in total. The van der Waals surface area contributed by atoms with Gasteiger partial charge in [-0.3, -0.25) is 4.79 Å². The summed E-state index contributed by atoms with van der Waals surface area (Å²) in [6, 6.07) is 7.56. The van der Waals surface area contributed by atoms with Crippen molar-refractivity contribution in [2.45, 2.75) is 33.1 Å². The van der Waals surface area contributed by atoms with Gasteiger partial charge in [-0.25, -0.2) is 0 Å². The van der Waals surface area contributed by atoms with E-state index in [1.807, 2.05) is 36.1 Å². The van der Waals surface area contributed by atoms with Gasteiger partial charge in [0.1, 0.15) is 0 Å². The number of benzene rings is 1. The summed E-state index contributed by atoms with van der Waals surface area (Å²) in [5.41, 5.74) is 7.22. The second kappa shape index (κ2) is 7.89. The molecular weight excluding hydrogens is 256 g/mol. The minimum atomic E-state index is 0.0720. The highest BCUT2D eigenvalue weighted by atomic mass is 32.1. The maximum absolute atomic E-state index is 12.5. The van der Waals surface area contributed by atoms with E-state index < -0.39 is 0 Å². The smallest absolute Gasteiger partial charge is 0.254 e. The molecule has 0 aliphatic rings. The summed E-state index contributed by atoms with van der Waals surface area (Å²) < 4.78 is 0. The van der Waals surface area contributed by atoms with Crippen LogP contribution in [0.3, 0.4) is 0 Å². The zero-order valence-electron chi connectivity index (χ0n) is 11.7. The Morgan fingerprint density at radius 2 is 2.00 bits per heavy atom. The molecule has 4 heteroatoms. The molecule has 0 aliphatic carbocycles. The molecule has 0 heterocycles. The number of carbonyl (C=O) groups is 1. The molecule has 1 amide bonds. The summed E-state index contributed by atoms with van der Waals surface area (Å²) in [6.45, 7) is 5.65. The molecule has 0 saturated heterocycles. The van der Waals surface area contributed by atoms with Gasteiger partial charge >= 0.3 is 0 Å². The lowest BCUT2D eigenvalue weighted by molar-refractivity contribution is 0.0761. The fraction of sp³-hybridized carbons (Fsp3) is 0.467. The molecule has 0 fully saturated rings. The van der Waals surface area contributed by atoms with Crippen molar-refractivity contribution in [3.05, 3.63) is 35.4 Å². The van der Waals surface area contributed by atoms with Gasteiger partial charge in [-0.1, -0.05) is 43.8 Å². The number of nitrogens with zero attached hydrogens (tertiary/aromatic N) is 1. The number of hydrogen-bond donors (Lipinski definition) is 1. The van der Waals surface area contributed by atoms with E-state index in [1.54, 1.807) is 0 Å². The first-order valence-electron chi connectivity index (χ1n) is 6.75. The second-order valence-electron chi connectivity index (χ2n) is 4.54. The lowest BCUT2D eigenvalue weighted by Crippen LogP contribution is -2.32. The number of nitrogens with two attached hydrogens (primary N) is 1. The van der Waals surface area contributed by atoms with Gasteiger partial charge in [0.25, 0.3) is 5.91 Å². The number of rotatable bonds is 7. The summed E-state index contributed by atoms with van der Waals surface area (Å²) >= 11 is 4.94. The molecule has 1 aromatic rings. The molecule has 0 aliphatic heterocycles. The van der Waals surface area contributed by atoms with Gasteiger partial charge in [0.2, 0.25) is 0 Å². The highest BCUT2D eigenvalue weighted by molar-refractivity contribution is 7.80. The second-order valence-corrected chi connectivity index (χ2v) is 5.06. The maximum Gasteiger partial charge on any atom is 0.254 e. The van der Waals surface area contributed by atoms with Gasteiger partial charge in [0.15, 0.2) is 0 Å². The van der Waals surface area contributed by atoms with E-state index in [-0.39, 0.29) is 5.91 Å². The number of carbonyl (C=O) groups excluding carboxylic acids is 1. The van der Waals surface area contributed by atoms with Crippen molar-refractivity contribution in [2.24, 2.45) is 5.73 Å². The quantitative estimate of drug-likeness (QED) is 0.780. The van der Waals surface area contributed by atoms with Crippen LogP contribution >= 0.6 is 12.2 Å². The lowest BCUT2D eigenvalue weighted by atomic mass is 10.0. The number of unbranched alkanes of at least 4 members (excludes halogenated alkanes) is 1. The van der Waals surface area contributed by atoms with Crippen LogP contribution < -0.4 is 5.73 Å². The molecule has 0 atom stereocenters. The predicted octanol–water partition coefficient (Wildman–Crippen LogP) is 2.78. The van der Waals surface area contributed by atoms with Crippen molar-refractivity contribution in [1.29, 1.82) is 0 Å². The Balaban J connectivity index is 2.93. The third-order valence-electron chi connectivity index (χ3n) is 3.06. The van der Waals surface area contributed by atoms with Crippen LogP contribution in [0.5, 0.6) is 0 Å². The zero-order valence-corrected chi connectivity index (χ0v) is 12.5. The average Bonchev–Trinajstić information content (AvgIpc) is 2.39. The van der Waals surface area contributed by atoms with Gasteiger partial charge in [-0.2, -0.15) is 0 Å². The molecule has 0 aromatic heterocycles. The maximum atomic E-state index is 12.5. The molecule has 0 radical (unpaired) electrons. The van der Waals surface area contributed by atoms with E-state index in [9.17, 15) is 4.79 Å². The molecule has 19 heavy (non-hydrogen) atoms. The zero-order chi connectivity index (χ0) is 14.3. The monoisotopic (exact) mass is 278 g/mol. The topological polar surface area (TPSA) is 46.3 Å². The number of amides is 1. The molecule has 0 unspecified atom stereocenters. The van der Waals surface area contributed by atoms with E-state index in [2.05, 4.69) is 6.92 Å². The summed E-state index contributed by atoms with van der Waals surface area (Å²) in [6.07, 6.45) is 2.58. The molecule has 1 rings (SSSR count). The van der Waals surface area contributed by atoms with E-state index in [4.69, 9.17) is 18.0 Å². The Morgan fingerprint density at radius 1 is 1.32 bits per heavy atom. The highest BCUT2D eigenvalue weighted by Gasteiger charge is 2.16. The lowest BCUT2D eigenvalue weighted by Gasteiger charge is -2.22. The Kier molecular flexibility index (Phi) is 6.50. The van der Waals surface area contributed by atoms with E-state index in [0.29, 0.717) is 17.0 Å². The minimum absolute atomic E-state index is 0.0720. The van der Waals surface area contributed by atoms with Crippen LogP contribution in [0.4, 0.5) is 0 Å². The Labute approximate surface area is 120 Å². The van der Waals surface area contributed by atoms with Crippen LogP contribution in [-0.2, 0) is 6.42 Å². The number of thiocarbonyl (C=S) groups is 1. The van der Waals surface area contributed by atoms with Crippen LogP contribution in [0.1, 0.15) is 42.6 Å². The first-order chi connectivity index (χ1) is 9.10. The van der Waals surface area contributed by atoms with Crippen LogP contribution in [0.15, 0.2) is 24.3 Å². The van der Waals surface area contributed by atoms with Crippen LogP contribution in [0.2, 0.25) is 0 Å². The van der Waals surface area contributed by atoms with Crippen molar-refractivity contribution in [2.75, 3.05) is 13.1 Å². The summed E-state index contributed by atoms with van der Waals surface area (Å²) in [7, 11) is 0. The normalized spacial score (nSPS) is 10.2. The van der Waals surface area contributed by atoms with Gasteiger partial charge < -0.3 is 10.6 Å². The fourth-order valence-corrected chi connectivity index (χ4v) is 2.15. The Hall–Kier alpha value is -1.42. The minimum Gasteiger partial charge on any atom is -0.393 e. The van der Waals surface area contributed by atoms with E-state index in [1.165, 1.54) is 0 Å². The first kappa shape index (κ1) is 15.6. The third kappa shape index (κ3) is 4.63. The largest absolute Gasteiger partial charge is 0.393 e. The van der Waals surface area contributed by atoms with Gasteiger partial charge in [-0.15, -0.1) is 0 Å². The molecule has 0 spiro atoms. The Bertz CT molecular complexity index is 446. The molecule has 3 nitrogen and oxygen atoms in total. The summed E-state index contributed by atoms with van der Waals surface area (Å²) in [5, 5.41) is 0. The van der Waals surface area contributed by atoms with Gasteiger partial charge in [0, 0.05) is 25.1 Å². The predicted molar refractivity (Wildman–Crippen MR) is 83.4 cm³/mol. The van der Waals surface area contributed by atoms with E-state index in [0.717, 1.165) is 31.5 Å². The first-order valence-corrected chi connectivity index (χ1v) is 7.16. The molecule has 0 bridgehead atoms. The van der Waals surface area contributed by atoms with Crippen molar-refractivity contribution >= 4 is 23.1 Å². The molecule has 0 saturated carbocycles. The van der Waals surface area contributed by atoms with Crippen molar-refractivity contribution in [3.63, 3.8) is 0 Å². The fourth-order valence-electron chi connectivity index (χ4n) is 1.99. The SMILES string of the molecule is CCCCN(CC)C(=O)c1ccccc1CC(N)=S. The van der Waals surface area contributed by atoms with Crippen LogP contribution in [0.25, 0.3) is 0 Å². The summed E-state index contributed by atoms with van der Waals surface area (Å²) in [4.78, 5) is 14.8. The average molecular weight is 278 g/mol.